The molecule has 26 heavy (non-hydrogen) atoms. The highest BCUT2D eigenvalue weighted by Gasteiger charge is 2.26. The molecule has 1 atom stereocenters. The second-order valence-electron chi connectivity index (χ2n) is 6.51. The molecular weight excluding hydrogens is 328 g/mol. The summed E-state index contributed by atoms with van der Waals surface area (Å²) in [5.74, 6) is 2.84. The van der Waals surface area contributed by atoms with Gasteiger partial charge in [0.2, 0.25) is 5.65 Å². The monoisotopic (exact) mass is 346 g/mol. The van der Waals surface area contributed by atoms with E-state index in [1.54, 1.807) is 12.5 Å². The van der Waals surface area contributed by atoms with E-state index in [1.807, 2.05) is 40.9 Å². The van der Waals surface area contributed by atoms with Crippen LogP contribution >= 0.6 is 0 Å². The maximum absolute atomic E-state index is 4.74. The molecule has 3 aromatic heterocycles. The van der Waals surface area contributed by atoms with Gasteiger partial charge in [0.1, 0.15) is 12.2 Å². The molecule has 0 radical (unpaired) electrons. The second kappa shape index (κ2) is 6.21. The number of benzene rings is 1. The van der Waals surface area contributed by atoms with Crippen molar-refractivity contribution < 1.29 is 0 Å². The van der Waals surface area contributed by atoms with Crippen molar-refractivity contribution in [1.29, 1.82) is 0 Å². The molecule has 1 N–H and O–H groups in total. The minimum absolute atomic E-state index is 0.290. The summed E-state index contributed by atoms with van der Waals surface area (Å²) in [4.78, 5) is 11.5. The summed E-state index contributed by atoms with van der Waals surface area (Å²) >= 11 is 0. The zero-order chi connectivity index (χ0) is 17.3. The van der Waals surface area contributed by atoms with Crippen molar-refractivity contribution in [2.75, 3.05) is 18.0 Å². The molecule has 130 valence electrons. The number of aromatic nitrogens is 7. The lowest BCUT2D eigenvalue weighted by Gasteiger charge is -2.32. The number of rotatable bonds is 3. The first kappa shape index (κ1) is 15.0. The van der Waals surface area contributed by atoms with Crippen LogP contribution in [-0.2, 0) is 0 Å². The molecule has 1 fully saturated rings. The van der Waals surface area contributed by atoms with Gasteiger partial charge in [-0.3, -0.25) is 9.50 Å². The zero-order valence-corrected chi connectivity index (χ0v) is 14.2. The van der Waals surface area contributed by atoms with Crippen LogP contribution in [-0.4, -0.2) is 47.9 Å². The van der Waals surface area contributed by atoms with E-state index in [9.17, 15) is 0 Å². The standard InChI is InChI=1S/C18H18N8/c1-2-5-13(6-3-1)15-21-16(23-22-15)14-7-4-9-25(11-14)17-18-24-20-12-26(18)10-8-19-17/h1-3,5-6,8,10,12,14H,4,7,9,11H2,(H,21,22,23)/t14-/m0/s1. The number of hydrogen-bond acceptors (Lipinski definition) is 6. The molecule has 0 bridgehead atoms. The summed E-state index contributed by atoms with van der Waals surface area (Å²) in [5, 5.41) is 15.7. The number of H-pyrrole nitrogens is 1. The molecule has 0 amide bonds. The highest BCUT2D eigenvalue weighted by Crippen LogP contribution is 2.29. The molecule has 4 aromatic rings. The van der Waals surface area contributed by atoms with Crippen molar-refractivity contribution in [2.24, 2.45) is 0 Å². The van der Waals surface area contributed by atoms with Crippen LogP contribution in [0.3, 0.4) is 0 Å². The predicted octanol–water partition coefficient (Wildman–Crippen LogP) is 2.29. The summed E-state index contributed by atoms with van der Waals surface area (Å²) in [6, 6.07) is 10.0. The maximum Gasteiger partial charge on any atom is 0.203 e. The average molecular weight is 346 g/mol. The van der Waals surface area contributed by atoms with E-state index in [-0.39, 0.29) is 0 Å². The normalized spacial score (nSPS) is 17.7. The van der Waals surface area contributed by atoms with Gasteiger partial charge in [0.25, 0.3) is 0 Å². The largest absolute Gasteiger partial charge is 0.353 e. The van der Waals surface area contributed by atoms with Gasteiger partial charge in [-0.05, 0) is 12.8 Å². The number of nitrogens with one attached hydrogen (secondary N) is 1. The first-order valence-electron chi connectivity index (χ1n) is 8.75. The third kappa shape index (κ3) is 2.59. The summed E-state index contributed by atoms with van der Waals surface area (Å²) in [5.41, 5.74) is 1.81. The molecule has 4 heterocycles. The van der Waals surface area contributed by atoms with Gasteiger partial charge >= 0.3 is 0 Å². The van der Waals surface area contributed by atoms with Crippen molar-refractivity contribution >= 4 is 11.5 Å². The number of hydrogen-bond donors (Lipinski definition) is 1. The Morgan fingerprint density at radius 1 is 1.15 bits per heavy atom. The first-order chi connectivity index (χ1) is 12.9. The van der Waals surface area contributed by atoms with Crippen LogP contribution in [0.4, 0.5) is 5.82 Å². The molecule has 8 nitrogen and oxygen atoms in total. The van der Waals surface area contributed by atoms with Gasteiger partial charge in [-0.1, -0.05) is 30.3 Å². The van der Waals surface area contributed by atoms with E-state index in [2.05, 4.69) is 30.3 Å². The van der Waals surface area contributed by atoms with Crippen LogP contribution in [0.1, 0.15) is 24.6 Å². The van der Waals surface area contributed by atoms with Crippen molar-refractivity contribution in [3.8, 4) is 11.4 Å². The molecule has 1 aliphatic rings. The number of piperidine rings is 1. The van der Waals surface area contributed by atoms with Crippen LogP contribution in [0, 0.1) is 0 Å². The predicted molar refractivity (Wildman–Crippen MR) is 96.8 cm³/mol. The quantitative estimate of drug-likeness (QED) is 0.612. The number of aromatic amines is 1. The maximum atomic E-state index is 4.74. The van der Waals surface area contributed by atoms with Gasteiger partial charge in [0, 0.05) is 37.0 Å². The highest BCUT2D eigenvalue weighted by molar-refractivity contribution is 5.63. The van der Waals surface area contributed by atoms with Gasteiger partial charge in [0.15, 0.2) is 11.6 Å². The molecule has 1 saturated heterocycles. The summed E-state index contributed by atoms with van der Waals surface area (Å²) < 4.78 is 1.90. The zero-order valence-electron chi connectivity index (χ0n) is 14.2. The number of anilines is 1. The van der Waals surface area contributed by atoms with E-state index in [4.69, 9.17) is 4.98 Å². The second-order valence-corrected chi connectivity index (χ2v) is 6.51. The fraction of sp³-hybridized carbons (Fsp3) is 0.278. The molecule has 0 saturated carbocycles. The fourth-order valence-electron chi connectivity index (χ4n) is 3.53. The van der Waals surface area contributed by atoms with E-state index in [0.717, 1.165) is 54.6 Å². The Bertz CT molecular complexity index is 1020. The molecule has 8 heteroatoms. The lowest BCUT2D eigenvalue weighted by Crippen LogP contribution is -2.35. The van der Waals surface area contributed by atoms with Crippen LogP contribution in [0.15, 0.2) is 49.1 Å². The van der Waals surface area contributed by atoms with Crippen LogP contribution in [0.25, 0.3) is 17.0 Å². The molecule has 1 aromatic carbocycles. The van der Waals surface area contributed by atoms with Gasteiger partial charge < -0.3 is 4.90 Å². The Labute approximate surface area is 149 Å². The van der Waals surface area contributed by atoms with E-state index in [1.165, 1.54) is 0 Å². The van der Waals surface area contributed by atoms with E-state index in [0.29, 0.717) is 5.92 Å². The van der Waals surface area contributed by atoms with Crippen LogP contribution in [0.2, 0.25) is 0 Å². The lowest BCUT2D eigenvalue weighted by atomic mass is 9.97. The molecular formula is C18H18N8. The number of fused-ring (bicyclic) bond motifs is 1. The minimum atomic E-state index is 0.290. The molecule has 5 rings (SSSR count). The van der Waals surface area contributed by atoms with Crippen molar-refractivity contribution in [3.05, 3.63) is 54.9 Å². The van der Waals surface area contributed by atoms with Gasteiger partial charge in [-0.15, -0.1) is 10.2 Å². The fourth-order valence-corrected chi connectivity index (χ4v) is 3.53. The molecule has 0 aliphatic carbocycles. The van der Waals surface area contributed by atoms with Crippen molar-refractivity contribution in [1.82, 2.24) is 34.8 Å². The Hall–Kier alpha value is -3.29. The Kier molecular flexibility index (Phi) is 3.59. The van der Waals surface area contributed by atoms with Gasteiger partial charge in [-0.2, -0.15) is 5.10 Å². The van der Waals surface area contributed by atoms with Crippen molar-refractivity contribution in [3.63, 3.8) is 0 Å². The SMILES string of the molecule is c1ccc(-c2n[nH]c([C@H]3CCCN(c4nccn5cnnc45)C3)n2)cc1. The van der Waals surface area contributed by atoms with E-state index >= 15 is 0 Å². The topological polar surface area (TPSA) is 87.9 Å². The molecule has 1 aliphatic heterocycles. The third-order valence-corrected chi connectivity index (χ3v) is 4.84. The summed E-state index contributed by atoms with van der Waals surface area (Å²) in [6.07, 6.45) is 7.50. The Morgan fingerprint density at radius 3 is 3.00 bits per heavy atom. The number of nitrogens with zero attached hydrogens (tertiary/aromatic N) is 7. The Morgan fingerprint density at radius 2 is 2.08 bits per heavy atom. The van der Waals surface area contributed by atoms with Crippen LogP contribution < -0.4 is 4.90 Å². The highest BCUT2D eigenvalue weighted by atomic mass is 15.3. The third-order valence-electron chi connectivity index (χ3n) is 4.84. The summed E-state index contributed by atoms with van der Waals surface area (Å²) in [6.45, 7) is 1.79. The van der Waals surface area contributed by atoms with Gasteiger partial charge in [-0.25, -0.2) is 9.97 Å². The average Bonchev–Trinajstić information content (AvgIpc) is 3.38. The molecule has 0 unspecified atom stereocenters. The smallest absolute Gasteiger partial charge is 0.203 e. The van der Waals surface area contributed by atoms with E-state index < -0.39 is 0 Å². The van der Waals surface area contributed by atoms with Crippen LogP contribution in [0.5, 0.6) is 0 Å². The molecule has 0 spiro atoms. The Balaban J connectivity index is 1.41. The summed E-state index contributed by atoms with van der Waals surface area (Å²) in [7, 11) is 0. The van der Waals surface area contributed by atoms with Crippen molar-refractivity contribution in [2.45, 2.75) is 18.8 Å². The minimum Gasteiger partial charge on any atom is -0.353 e. The van der Waals surface area contributed by atoms with Gasteiger partial charge in [0.05, 0.1) is 0 Å². The first-order valence-corrected chi connectivity index (χ1v) is 8.75. The lowest BCUT2D eigenvalue weighted by molar-refractivity contribution is 0.490.